The van der Waals surface area contributed by atoms with Gasteiger partial charge in [-0.15, -0.1) is 23.2 Å². The van der Waals surface area contributed by atoms with E-state index in [1.807, 2.05) is 0 Å². The van der Waals surface area contributed by atoms with Crippen molar-refractivity contribution in [3.05, 3.63) is 110 Å². The zero-order chi connectivity index (χ0) is 24.4. The molecule has 0 aliphatic heterocycles. The molecule has 1 aliphatic rings. The molecule has 0 atom stereocenters. The Hall–Kier alpha value is -2.35. The predicted octanol–water partition coefficient (Wildman–Crippen LogP) is 6.79. The number of nitrogens with zero attached hydrogens (tertiary/aromatic N) is 2. The normalized spacial score (nSPS) is 15.1. The quantitative estimate of drug-likeness (QED) is 0.102. The molecule has 0 unspecified atom stereocenters. The molecule has 1 aliphatic carbocycles. The van der Waals surface area contributed by atoms with Crippen LogP contribution in [0.25, 0.3) is 5.76 Å². The summed E-state index contributed by atoms with van der Waals surface area (Å²) in [7, 11) is 0. The van der Waals surface area contributed by atoms with Crippen LogP contribution in [0.3, 0.4) is 0 Å². The summed E-state index contributed by atoms with van der Waals surface area (Å²) < 4.78 is 0. The minimum absolute atomic E-state index is 0. The fourth-order valence-corrected chi connectivity index (χ4v) is 3.12. The van der Waals surface area contributed by atoms with Gasteiger partial charge in [0.2, 0.25) is 0 Å². The number of rotatable bonds is 5. The van der Waals surface area contributed by atoms with E-state index < -0.39 is 15.6 Å². The summed E-state index contributed by atoms with van der Waals surface area (Å²) >= 11 is 11.7. The molecule has 1 fully saturated rings. The average molecular weight is 594 g/mol. The number of aliphatic hydroxyl groups excluding tert-OH is 1. The Morgan fingerprint density at radius 3 is 1.56 bits per heavy atom. The van der Waals surface area contributed by atoms with Crippen molar-refractivity contribution in [1.29, 1.82) is 0 Å². The average Bonchev–Trinajstić information content (AvgIpc) is 2.79. The minimum atomic E-state index is -0.585. The number of hydrogen-bond donors (Lipinski definition) is 1. The Kier molecular flexibility index (Phi) is 12.9. The molecule has 34 heavy (non-hydrogen) atoms. The van der Waals surface area contributed by atoms with Crippen LogP contribution >= 0.6 is 23.2 Å². The zero-order valence-corrected chi connectivity index (χ0v) is 20.8. The minimum Gasteiger partial charge on any atom is -0.507 e. The Morgan fingerprint density at radius 2 is 1.18 bits per heavy atom. The van der Waals surface area contributed by atoms with Gasteiger partial charge in [-0.2, -0.15) is 0 Å². The summed E-state index contributed by atoms with van der Waals surface area (Å²) in [6.45, 7) is 0. The van der Waals surface area contributed by atoms with Crippen LogP contribution in [-0.2, 0) is 19.5 Å². The van der Waals surface area contributed by atoms with E-state index in [4.69, 9.17) is 23.2 Å². The number of allylic oxidation sites excluding steroid dienone is 1. The number of carbonyl (C=O) groups is 1. The van der Waals surface area contributed by atoms with Crippen LogP contribution in [0.5, 0.6) is 0 Å². The van der Waals surface area contributed by atoms with Crippen LogP contribution in [0.4, 0.5) is 11.4 Å². The number of hydrogen-bond acceptors (Lipinski definition) is 6. The van der Waals surface area contributed by atoms with Crippen molar-refractivity contribution in [1.82, 2.24) is 0 Å². The molecule has 0 heterocycles. The first-order valence-electron chi connectivity index (χ1n) is 9.80. The summed E-state index contributed by atoms with van der Waals surface area (Å²) in [6, 6.07) is 9.96. The molecule has 0 amide bonds. The van der Waals surface area contributed by atoms with Crippen LogP contribution in [0, 0.1) is 43.8 Å². The molecular weight excluding hydrogens is 574 g/mol. The fraction of sp³-hybridized carbons (Fsp3) is 0.174. The SMILES string of the molecule is Cl[C]1[CH]CC[CH][C](Cl)CC1.O=C(/C=C(\O)c1ccc([N+](=O)[O-])cc1)c1ccc([N+](=O)[O-])cc1.[Rh]. The predicted molar refractivity (Wildman–Crippen MR) is 126 cm³/mol. The largest absolute Gasteiger partial charge is 0.507 e. The van der Waals surface area contributed by atoms with Crippen molar-refractivity contribution in [2.75, 3.05) is 0 Å². The van der Waals surface area contributed by atoms with E-state index in [9.17, 15) is 30.1 Å². The first-order valence-corrected chi connectivity index (χ1v) is 10.6. The molecule has 1 N–H and O–H groups in total. The summed E-state index contributed by atoms with van der Waals surface area (Å²) in [5, 5.41) is 32.9. The van der Waals surface area contributed by atoms with Gasteiger partial charge in [0, 0.05) is 60.9 Å². The maximum Gasteiger partial charge on any atom is 0.269 e. The van der Waals surface area contributed by atoms with E-state index in [1.54, 1.807) is 0 Å². The van der Waals surface area contributed by atoms with Crippen molar-refractivity contribution in [3.63, 3.8) is 0 Å². The molecular formula is C23H20Cl2N2O6Rh. The van der Waals surface area contributed by atoms with Crippen molar-refractivity contribution >= 4 is 46.1 Å². The van der Waals surface area contributed by atoms with Gasteiger partial charge in [-0.25, -0.2) is 0 Å². The van der Waals surface area contributed by atoms with Crippen molar-refractivity contribution in [2.24, 2.45) is 0 Å². The smallest absolute Gasteiger partial charge is 0.269 e. The van der Waals surface area contributed by atoms with Crippen molar-refractivity contribution in [3.8, 4) is 0 Å². The van der Waals surface area contributed by atoms with E-state index in [-0.39, 0.29) is 47.7 Å². The molecule has 0 spiro atoms. The van der Waals surface area contributed by atoms with Gasteiger partial charge < -0.3 is 5.11 Å². The number of halogens is 2. The molecule has 2 aromatic rings. The van der Waals surface area contributed by atoms with Gasteiger partial charge in [0.05, 0.1) is 20.6 Å². The van der Waals surface area contributed by atoms with Crippen LogP contribution in [-0.4, -0.2) is 20.7 Å². The summed E-state index contributed by atoms with van der Waals surface area (Å²) in [4.78, 5) is 31.9. The van der Waals surface area contributed by atoms with Gasteiger partial charge in [0.15, 0.2) is 5.78 Å². The third kappa shape index (κ3) is 9.87. The van der Waals surface area contributed by atoms with Crippen LogP contribution < -0.4 is 0 Å². The molecule has 8 nitrogen and oxygen atoms in total. The Morgan fingerprint density at radius 1 is 0.794 bits per heavy atom. The molecule has 3 rings (SSSR count). The molecule has 0 aromatic heterocycles. The topological polar surface area (TPSA) is 124 Å². The van der Waals surface area contributed by atoms with E-state index in [1.165, 1.54) is 48.5 Å². The second kappa shape index (κ2) is 14.8. The summed E-state index contributed by atoms with van der Waals surface area (Å²) in [6.07, 6.45) is 8.93. The maximum absolute atomic E-state index is 12.0. The number of carbonyl (C=O) groups excluding carboxylic acids is 1. The van der Waals surface area contributed by atoms with Crippen molar-refractivity contribution in [2.45, 2.75) is 25.7 Å². The number of ketones is 1. The number of nitro groups is 2. The van der Waals surface area contributed by atoms with Crippen LogP contribution in [0.2, 0.25) is 0 Å². The standard InChI is InChI=1S/C15H10N2O6.C8H10Cl2.Rh/c18-14(10-1-5-12(6-2-10)16(20)21)9-15(19)11-3-7-13(8-4-11)17(22)23;9-7-3-1-2-4-8(10)6-5-7;/h1-9,18H;3-4H,1-2,5-6H2;/b14-9-;;. The Balaban J connectivity index is 0.000000442. The second-order valence-corrected chi connectivity index (χ2v) is 7.85. The molecule has 1 saturated carbocycles. The zero-order valence-electron chi connectivity index (χ0n) is 17.7. The Labute approximate surface area is 220 Å². The molecule has 181 valence electrons. The van der Waals surface area contributed by atoms with Crippen LogP contribution in [0.1, 0.15) is 41.6 Å². The molecule has 5 radical (unpaired) electrons. The third-order valence-corrected chi connectivity index (χ3v) is 5.19. The van der Waals surface area contributed by atoms with E-state index >= 15 is 0 Å². The second-order valence-electron chi connectivity index (χ2n) is 6.88. The number of non-ortho nitro benzene ring substituents is 2. The molecule has 2 aromatic carbocycles. The van der Waals surface area contributed by atoms with Gasteiger partial charge in [-0.1, -0.05) is 0 Å². The number of benzene rings is 2. The Bertz CT molecular complexity index is 988. The third-order valence-electron chi connectivity index (χ3n) is 4.51. The first kappa shape index (κ1) is 29.7. The summed E-state index contributed by atoms with van der Waals surface area (Å²) in [5.74, 6) is -0.904. The fourth-order valence-electron chi connectivity index (χ4n) is 2.72. The van der Waals surface area contributed by atoms with E-state index in [0.717, 1.165) is 42.5 Å². The first-order chi connectivity index (χ1) is 15.7. The molecule has 0 bridgehead atoms. The molecule has 0 saturated heterocycles. The molecule has 11 heteroatoms. The monoisotopic (exact) mass is 593 g/mol. The van der Waals surface area contributed by atoms with Gasteiger partial charge in [-0.3, -0.25) is 25.0 Å². The number of nitro benzene ring substituents is 2. The van der Waals surface area contributed by atoms with E-state index in [0.29, 0.717) is 0 Å². The maximum atomic E-state index is 12.0. The van der Waals surface area contributed by atoms with Gasteiger partial charge >= 0.3 is 0 Å². The summed E-state index contributed by atoms with van der Waals surface area (Å²) in [5.41, 5.74) is 0.128. The van der Waals surface area contributed by atoms with Crippen molar-refractivity contribution < 1.29 is 39.2 Å². The van der Waals surface area contributed by atoms with Gasteiger partial charge in [0.1, 0.15) is 5.76 Å². The van der Waals surface area contributed by atoms with Crippen LogP contribution in [0.15, 0.2) is 54.6 Å². The number of aliphatic hydroxyl groups is 1. The van der Waals surface area contributed by atoms with E-state index in [2.05, 4.69) is 12.8 Å². The van der Waals surface area contributed by atoms with Gasteiger partial charge in [0.25, 0.3) is 11.4 Å². The van der Waals surface area contributed by atoms with Gasteiger partial charge in [-0.05, 0) is 62.8 Å².